The number of hydrogen-bond donors (Lipinski definition) is 2. The summed E-state index contributed by atoms with van der Waals surface area (Å²) < 4.78 is 5.49. The van der Waals surface area contributed by atoms with E-state index in [0.29, 0.717) is 16.3 Å². The van der Waals surface area contributed by atoms with Gasteiger partial charge in [0, 0.05) is 49.3 Å². The molecule has 0 atom stereocenters. The maximum Gasteiger partial charge on any atom is 0.199 e. The van der Waals surface area contributed by atoms with Gasteiger partial charge in [-0.3, -0.25) is 4.90 Å². The van der Waals surface area contributed by atoms with Gasteiger partial charge < -0.3 is 20.7 Å². The van der Waals surface area contributed by atoms with Crippen LogP contribution in [0.3, 0.4) is 0 Å². The summed E-state index contributed by atoms with van der Waals surface area (Å²) in [6.07, 6.45) is 16.6. The molecule has 0 unspecified atom stereocenters. The Kier molecular flexibility index (Phi) is 9.38. The maximum absolute atomic E-state index is 6.09. The Hall–Kier alpha value is -2.39. The van der Waals surface area contributed by atoms with Gasteiger partial charge in [0.25, 0.3) is 0 Å². The van der Waals surface area contributed by atoms with Crippen molar-refractivity contribution in [2.24, 2.45) is 10.7 Å². The maximum atomic E-state index is 6.09. The Morgan fingerprint density at radius 2 is 1.74 bits per heavy atom. The molecule has 0 aromatic heterocycles. The van der Waals surface area contributed by atoms with Crippen LogP contribution in [0.5, 0.6) is 0 Å². The summed E-state index contributed by atoms with van der Waals surface area (Å²) in [7, 11) is 0. The minimum atomic E-state index is 0.370. The van der Waals surface area contributed by atoms with Crippen LogP contribution >= 0.6 is 24.0 Å². The third-order valence-electron chi connectivity index (χ3n) is 6.17. The summed E-state index contributed by atoms with van der Waals surface area (Å²) in [5, 5.41) is 4.00. The largest absolute Gasteiger partial charge is 0.379 e. The quantitative estimate of drug-likeness (QED) is 0.358. The second kappa shape index (κ2) is 12.9. The van der Waals surface area contributed by atoms with Crippen molar-refractivity contribution in [3.8, 4) is 0 Å². The van der Waals surface area contributed by atoms with Gasteiger partial charge in [-0.25, -0.2) is 0 Å². The second-order valence-corrected chi connectivity index (χ2v) is 9.84. The molecule has 6 nitrogen and oxygen atoms in total. The summed E-state index contributed by atoms with van der Waals surface area (Å²) in [5.74, 6) is 0.740. The fraction of sp³-hybridized carbons (Fsp3) is 0.385. The van der Waals surface area contributed by atoms with Crippen molar-refractivity contribution >= 4 is 45.6 Å². The molecule has 0 saturated carbocycles. The van der Waals surface area contributed by atoms with Crippen molar-refractivity contribution in [1.29, 1.82) is 0 Å². The zero-order valence-corrected chi connectivity index (χ0v) is 21.1. The highest BCUT2D eigenvalue weighted by Gasteiger charge is 2.25. The van der Waals surface area contributed by atoms with Gasteiger partial charge in [0.15, 0.2) is 10.3 Å². The Morgan fingerprint density at radius 3 is 2.50 bits per heavy atom. The molecule has 2 heterocycles. The van der Waals surface area contributed by atoms with E-state index in [4.69, 9.17) is 22.7 Å². The van der Waals surface area contributed by atoms with Gasteiger partial charge in [0.2, 0.25) is 0 Å². The van der Waals surface area contributed by atoms with Crippen LogP contribution in [0.4, 0.5) is 11.4 Å². The Morgan fingerprint density at radius 1 is 1.03 bits per heavy atom. The molecule has 8 heteroatoms. The van der Waals surface area contributed by atoms with Gasteiger partial charge in [0.1, 0.15) is 0 Å². The molecule has 2 fully saturated rings. The van der Waals surface area contributed by atoms with E-state index in [2.05, 4.69) is 56.5 Å². The lowest BCUT2D eigenvalue weighted by atomic mass is 10.0. The van der Waals surface area contributed by atoms with Crippen LogP contribution in [0.15, 0.2) is 77.4 Å². The third-order valence-corrected chi connectivity index (χ3v) is 7.23. The van der Waals surface area contributed by atoms with Gasteiger partial charge in [0.05, 0.1) is 13.2 Å². The molecule has 2 aliphatic heterocycles. The highest BCUT2D eigenvalue weighted by atomic mass is 32.2. The number of amidine groups is 1. The second-order valence-electron chi connectivity index (χ2n) is 8.45. The number of thioether (sulfide) groups is 1. The van der Waals surface area contributed by atoms with E-state index in [-0.39, 0.29) is 0 Å². The predicted molar refractivity (Wildman–Crippen MR) is 150 cm³/mol. The number of thiocarbonyl (C=S) groups is 1. The van der Waals surface area contributed by atoms with Crippen LogP contribution in [0.2, 0.25) is 0 Å². The molecule has 0 bridgehead atoms. The topological polar surface area (TPSA) is 66.1 Å². The van der Waals surface area contributed by atoms with Crippen LogP contribution < -0.4 is 16.0 Å². The van der Waals surface area contributed by atoms with Crippen LogP contribution in [0, 0.1) is 0 Å². The van der Waals surface area contributed by atoms with Crippen LogP contribution in [0.1, 0.15) is 12.8 Å². The lowest BCUT2D eigenvalue weighted by molar-refractivity contribution is 0.0115. The van der Waals surface area contributed by atoms with Crippen molar-refractivity contribution in [3.05, 3.63) is 72.4 Å². The molecule has 0 radical (unpaired) electrons. The summed E-state index contributed by atoms with van der Waals surface area (Å²) in [4.78, 5) is 9.40. The summed E-state index contributed by atoms with van der Waals surface area (Å²) in [6.45, 7) is 6.05. The molecule has 180 valence electrons. The number of morpholine rings is 1. The molecule has 3 aliphatic rings. The van der Waals surface area contributed by atoms with Crippen molar-refractivity contribution in [1.82, 2.24) is 4.90 Å². The molecule has 2 saturated heterocycles. The number of allylic oxidation sites excluding steroid dienone is 7. The van der Waals surface area contributed by atoms with E-state index >= 15 is 0 Å². The molecule has 1 aromatic rings. The van der Waals surface area contributed by atoms with Gasteiger partial charge >= 0.3 is 0 Å². The van der Waals surface area contributed by atoms with Crippen molar-refractivity contribution in [2.75, 3.05) is 55.4 Å². The van der Waals surface area contributed by atoms with Gasteiger partial charge in [-0.05, 0) is 54.9 Å². The number of ether oxygens (including phenoxy) is 1. The standard InChI is InChI=1S/C26H33N5OS2/c27-25(34-20-21-6-4-2-1-3-5-7-21)29-26(33)28-22-8-10-23(11-9-22)30-14-12-24(13-15-30)31-16-18-32-19-17-31/h1-11,24H,12-20H2,(H3,27,28,29,33). The van der Waals surface area contributed by atoms with Gasteiger partial charge in [-0.2, -0.15) is 4.99 Å². The number of nitrogens with two attached hydrogens (primary N) is 1. The summed E-state index contributed by atoms with van der Waals surface area (Å²) >= 11 is 6.87. The summed E-state index contributed by atoms with van der Waals surface area (Å²) in [6, 6.07) is 9.10. The Labute approximate surface area is 212 Å². The third kappa shape index (κ3) is 7.56. The van der Waals surface area contributed by atoms with E-state index in [1.54, 1.807) is 0 Å². The first-order valence-electron chi connectivity index (χ1n) is 11.8. The van der Waals surface area contributed by atoms with Gasteiger partial charge in [-0.1, -0.05) is 54.3 Å². The highest BCUT2D eigenvalue weighted by molar-refractivity contribution is 8.14. The number of nitrogens with zero attached hydrogens (tertiary/aromatic N) is 3. The van der Waals surface area contributed by atoms with Crippen LogP contribution in [0.25, 0.3) is 0 Å². The monoisotopic (exact) mass is 495 g/mol. The first-order chi connectivity index (χ1) is 16.7. The van der Waals surface area contributed by atoms with E-state index in [0.717, 1.165) is 50.8 Å². The van der Waals surface area contributed by atoms with Gasteiger partial charge in [-0.15, -0.1) is 0 Å². The molecular formula is C26H33N5OS2. The SMILES string of the molecule is NC(=NC(=S)Nc1ccc(N2CCC(N3CCOCC3)CC2)cc1)SCC1=CC=CC=CC=C1. The molecular weight excluding hydrogens is 462 g/mol. The number of anilines is 2. The van der Waals surface area contributed by atoms with Crippen molar-refractivity contribution in [2.45, 2.75) is 18.9 Å². The lowest BCUT2D eigenvalue weighted by Gasteiger charge is -2.40. The zero-order valence-electron chi connectivity index (χ0n) is 19.4. The normalized spacial score (nSPS) is 20.1. The molecule has 1 aliphatic carbocycles. The minimum Gasteiger partial charge on any atom is -0.379 e. The average molecular weight is 496 g/mol. The molecule has 0 amide bonds. The van der Waals surface area contributed by atoms with E-state index in [9.17, 15) is 0 Å². The Bertz CT molecular complexity index is 969. The molecule has 1 aromatic carbocycles. The number of hydrogen-bond acceptors (Lipinski definition) is 5. The van der Waals surface area contributed by atoms with E-state index in [1.165, 1.54) is 35.9 Å². The zero-order chi connectivity index (χ0) is 23.6. The molecule has 0 spiro atoms. The average Bonchev–Trinajstić information content (AvgIpc) is 2.84. The number of aliphatic imine (C=N–C) groups is 1. The molecule has 4 rings (SSSR count). The van der Waals surface area contributed by atoms with Crippen molar-refractivity contribution in [3.63, 3.8) is 0 Å². The van der Waals surface area contributed by atoms with Crippen LogP contribution in [-0.4, -0.2) is 66.4 Å². The fourth-order valence-corrected chi connectivity index (χ4v) is 5.27. The highest BCUT2D eigenvalue weighted by Crippen LogP contribution is 2.24. The van der Waals surface area contributed by atoms with Crippen LogP contribution in [-0.2, 0) is 4.74 Å². The number of benzene rings is 1. The molecule has 34 heavy (non-hydrogen) atoms. The predicted octanol–water partition coefficient (Wildman–Crippen LogP) is 4.34. The van der Waals surface area contributed by atoms with E-state index in [1.807, 2.05) is 30.4 Å². The number of nitrogens with one attached hydrogen (secondary N) is 1. The lowest BCUT2D eigenvalue weighted by Crippen LogP contribution is -2.49. The molecule has 3 N–H and O–H groups in total. The summed E-state index contributed by atoms with van der Waals surface area (Å²) in [5.41, 5.74) is 9.43. The minimum absolute atomic E-state index is 0.370. The van der Waals surface area contributed by atoms with Crippen molar-refractivity contribution < 1.29 is 4.74 Å². The van der Waals surface area contributed by atoms with E-state index < -0.39 is 0 Å². The fourth-order valence-electron chi connectivity index (χ4n) is 4.33. The number of piperidine rings is 1. The Balaban J connectivity index is 1.22. The first-order valence-corrected chi connectivity index (χ1v) is 13.2. The number of rotatable bonds is 5. The smallest absolute Gasteiger partial charge is 0.199 e. The first kappa shape index (κ1) is 24.7.